The molecule has 2 N–H and O–H groups in total. The van der Waals surface area contributed by atoms with Crippen LogP contribution in [0.25, 0.3) is 0 Å². The van der Waals surface area contributed by atoms with E-state index < -0.39 is 10.0 Å². The Hall–Kier alpha value is -1.51. The van der Waals surface area contributed by atoms with Crippen molar-refractivity contribution in [3.05, 3.63) is 46.8 Å². The third-order valence-electron chi connectivity index (χ3n) is 2.69. The number of aryl methyl sites for hydroxylation is 1. The van der Waals surface area contributed by atoms with Gasteiger partial charge in [0, 0.05) is 30.0 Å². The van der Waals surface area contributed by atoms with Crippen LogP contribution in [-0.2, 0) is 10.0 Å². The summed E-state index contributed by atoms with van der Waals surface area (Å²) in [6.07, 6.45) is 2.84. The predicted octanol–water partition coefficient (Wildman–Crippen LogP) is 1.94. The molecule has 0 bridgehead atoms. The highest BCUT2D eigenvalue weighted by Crippen LogP contribution is 2.15. The summed E-state index contributed by atoms with van der Waals surface area (Å²) in [7, 11) is -3.51. The molecule has 0 aliphatic carbocycles. The number of rotatable bonds is 6. The number of anilines is 1. The molecule has 0 radical (unpaired) electrons. The third kappa shape index (κ3) is 4.48. The highest BCUT2D eigenvalue weighted by atomic mass is 79.9. The average molecular weight is 371 g/mol. The van der Waals surface area contributed by atoms with Gasteiger partial charge in [-0.15, -0.1) is 0 Å². The van der Waals surface area contributed by atoms with Gasteiger partial charge in [0.05, 0.1) is 5.69 Å². The van der Waals surface area contributed by atoms with Gasteiger partial charge in [-0.3, -0.25) is 4.98 Å². The molecule has 8 heteroatoms. The van der Waals surface area contributed by atoms with Crippen molar-refractivity contribution in [2.45, 2.75) is 11.8 Å². The van der Waals surface area contributed by atoms with E-state index in [2.05, 4.69) is 35.9 Å². The summed E-state index contributed by atoms with van der Waals surface area (Å²) in [5.41, 5.74) is 0.871. The van der Waals surface area contributed by atoms with E-state index in [4.69, 9.17) is 0 Å². The second-order valence-electron chi connectivity index (χ2n) is 4.28. The Balaban J connectivity index is 1.86. The highest BCUT2D eigenvalue weighted by molar-refractivity contribution is 9.10. The molecule has 0 aliphatic rings. The van der Waals surface area contributed by atoms with Gasteiger partial charge in [-0.2, -0.15) is 0 Å². The zero-order chi connectivity index (χ0) is 15.3. The number of sulfonamides is 1. The summed E-state index contributed by atoms with van der Waals surface area (Å²) >= 11 is 3.38. The van der Waals surface area contributed by atoms with Crippen molar-refractivity contribution in [2.24, 2.45) is 0 Å². The quantitative estimate of drug-likeness (QED) is 0.759. The normalized spacial score (nSPS) is 11.3. The maximum atomic E-state index is 11.9. The molecular weight excluding hydrogens is 356 g/mol. The number of hydrogen-bond donors (Lipinski definition) is 2. The fourth-order valence-electron chi connectivity index (χ4n) is 1.61. The van der Waals surface area contributed by atoms with Gasteiger partial charge < -0.3 is 5.32 Å². The summed E-state index contributed by atoms with van der Waals surface area (Å²) in [5, 5.41) is 3.06. The standard InChI is InChI=1S/C13H15BrN4O2S/c1-10-12(14)4-5-13(18-10)16-7-8-17-21(19,20)11-3-2-6-15-9-11/h2-6,9,17H,7-8H2,1H3,(H,16,18). The van der Waals surface area contributed by atoms with Gasteiger partial charge >= 0.3 is 0 Å². The SMILES string of the molecule is Cc1nc(NCCNS(=O)(=O)c2cccnc2)ccc1Br. The molecule has 0 aliphatic heterocycles. The number of halogens is 1. The van der Waals surface area contributed by atoms with Gasteiger partial charge in [-0.05, 0) is 47.1 Å². The van der Waals surface area contributed by atoms with Crippen molar-refractivity contribution >= 4 is 31.8 Å². The number of pyridine rings is 2. The molecule has 112 valence electrons. The lowest BCUT2D eigenvalue weighted by molar-refractivity contribution is 0.582. The second-order valence-corrected chi connectivity index (χ2v) is 6.90. The van der Waals surface area contributed by atoms with Crippen LogP contribution in [0.2, 0.25) is 0 Å². The molecule has 21 heavy (non-hydrogen) atoms. The molecule has 2 aromatic heterocycles. The summed E-state index contributed by atoms with van der Waals surface area (Å²) < 4.78 is 27.3. The Kier molecular flexibility index (Phi) is 5.27. The van der Waals surface area contributed by atoms with Crippen LogP contribution >= 0.6 is 15.9 Å². The Morgan fingerprint density at radius 1 is 1.24 bits per heavy atom. The van der Waals surface area contributed by atoms with Crippen LogP contribution in [0.1, 0.15) is 5.69 Å². The van der Waals surface area contributed by atoms with Crippen molar-refractivity contribution in [3.63, 3.8) is 0 Å². The minimum Gasteiger partial charge on any atom is -0.369 e. The van der Waals surface area contributed by atoms with Crippen LogP contribution in [0, 0.1) is 6.92 Å². The average Bonchev–Trinajstić information content (AvgIpc) is 2.48. The minimum absolute atomic E-state index is 0.155. The van der Waals surface area contributed by atoms with Crippen LogP contribution in [0.15, 0.2) is 46.0 Å². The molecule has 2 rings (SSSR count). The lowest BCUT2D eigenvalue weighted by Gasteiger charge is -2.09. The maximum Gasteiger partial charge on any atom is 0.242 e. The largest absolute Gasteiger partial charge is 0.369 e. The van der Waals surface area contributed by atoms with E-state index in [1.807, 2.05) is 19.1 Å². The fourth-order valence-corrected chi connectivity index (χ4v) is 2.82. The van der Waals surface area contributed by atoms with E-state index in [0.717, 1.165) is 10.2 Å². The van der Waals surface area contributed by atoms with Gasteiger partial charge in [-0.25, -0.2) is 18.1 Å². The van der Waals surface area contributed by atoms with E-state index in [-0.39, 0.29) is 11.4 Å². The highest BCUT2D eigenvalue weighted by Gasteiger charge is 2.12. The monoisotopic (exact) mass is 370 g/mol. The van der Waals surface area contributed by atoms with Gasteiger partial charge in [-0.1, -0.05) is 0 Å². The first kappa shape index (κ1) is 15.9. The maximum absolute atomic E-state index is 11.9. The molecule has 0 unspecified atom stereocenters. The molecule has 0 spiro atoms. The molecule has 2 aromatic rings. The van der Waals surface area contributed by atoms with Crippen molar-refractivity contribution in [3.8, 4) is 0 Å². The lowest BCUT2D eigenvalue weighted by Crippen LogP contribution is -2.29. The lowest BCUT2D eigenvalue weighted by atomic mass is 10.4. The van der Waals surface area contributed by atoms with Crippen molar-refractivity contribution in [1.29, 1.82) is 0 Å². The Morgan fingerprint density at radius 2 is 2.05 bits per heavy atom. The molecule has 2 heterocycles. The molecule has 0 fully saturated rings. The van der Waals surface area contributed by atoms with Crippen molar-refractivity contribution < 1.29 is 8.42 Å². The molecule has 0 saturated heterocycles. The van der Waals surface area contributed by atoms with Gasteiger partial charge in [0.1, 0.15) is 10.7 Å². The van der Waals surface area contributed by atoms with Gasteiger partial charge in [0.25, 0.3) is 0 Å². The van der Waals surface area contributed by atoms with Crippen LogP contribution in [0.3, 0.4) is 0 Å². The van der Waals surface area contributed by atoms with Crippen LogP contribution in [0.5, 0.6) is 0 Å². The topological polar surface area (TPSA) is 84.0 Å². The van der Waals surface area contributed by atoms with E-state index in [1.165, 1.54) is 18.5 Å². The molecular formula is C13H15BrN4O2S. The van der Waals surface area contributed by atoms with Crippen molar-refractivity contribution in [2.75, 3.05) is 18.4 Å². The second kappa shape index (κ2) is 6.97. The summed E-state index contributed by atoms with van der Waals surface area (Å²) in [5.74, 6) is 0.705. The van der Waals surface area contributed by atoms with E-state index in [9.17, 15) is 8.42 Å². The fraction of sp³-hybridized carbons (Fsp3) is 0.231. The summed E-state index contributed by atoms with van der Waals surface area (Å²) in [6.45, 7) is 2.59. The molecule has 0 saturated carbocycles. The zero-order valence-corrected chi connectivity index (χ0v) is 13.8. The zero-order valence-electron chi connectivity index (χ0n) is 11.4. The molecule has 0 aromatic carbocycles. The van der Waals surface area contributed by atoms with E-state index >= 15 is 0 Å². The van der Waals surface area contributed by atoms with Crippen LogP contribution < -0.4 is 10.0 Å². The molecule has 6 nitrogen and oxygen atoms in total. The first-order valence-corrected chi connectivity index (χ1v) is 8.53. The smallest absolute Gasteiger partial charge is 0.242 e. The first-order valence-electron chi connectivity index (χ1n) is 6.26. The van der Waals surface area contributed by atoms with Gasteiger partial charge in [0.15, 0.2) is 0 Å². The third-order valence-corrected chi connectivity index (χ3v) is 4.97. The molecule has 0 amide bonds. The Morgan fingerprint density at radius 3 is 2.71 bits per heavy atom. The predicted molar refractivity (Wildman–Crippen MR) is 84.6 cm³/mol. The number of nitrogens with one attached hydrogen (secondary N) is 2. The van der Waals surface area contributed by atoms with E-state index in [1.54, 1.807) is 6.07 Å². The van der Waals surface area contributed by atoms with Gasteiger partial charge in [0.2, 0.25) is 10.0 Å². The Bertz CT molecular complexity index is 707. The van der Waals surface area contributed by atoms with E-state index in [0.29, 0.717) is 12.4 Å². The minimum atomic E-state index is -3.51. The Labute approximate surface area is 132 Å². The van der Waals surface area contributed by atoms with Crippen LogP contribution in [-0.4, -0.2) is 31.5 Å². The summed E-state index contributed by atoms with van der Waals surface area (Å²) in [4.78, 5) is 8.27. The van der Waals surface area contributed by atoms with Crippen LogP contribution in [0.4, 0.5) is 5.82 Å². The summed E-state index contributed by atoms with van der Waals surface area (Å²) in [6, 6.07) is 6.81. The number of nitrogens with zero attached hydrogens (tertiary/aromatic N) is 2. The number of hydrogen-bond acceptors (Lipinski definition) is 5. The molecule has 0 atom stereocenters. The van der Waals surface area contributed by atoms with Crippen molar-refractivity contribution in [1.82, 2.24) is 14.7 Å². The first-order chi connectivity index (χ1) is 9.99. The number of aromatic nitrogens is 2.